The second-order valence-electron chi connectivity index (χ2n) is 7.35. The Labute approximate surface area is 122 Å². The molecule has 118 valence electrons. The van der Waals surface area contributed by atoms with Gasteiger partial charge in [-0.2, -0.15) is 0 Å². The van der Waals surface area contributed by atoms with Crippen LogP contribution in [0.2, 0.25) is 0 Å². The van der Waals surface area contributed by atoms with Gasteiger partial charge < -0.3 is 15.3 Å². The van der Waals surface area contributed by atoms with Crippen LogP contribution in [-0.2, 0) is 9.59 Å². The molecule has 7 heteroatoms. The van der Waals surface area contributed by atoms with E-state index in [4.69, 9.17) is 0 Å². The van der Waals surface area contributed by atoms with E-state index in [1.165, 1.54) is 0 Å². The van der Waals surface area contributed by atoms with Crippen LogP contribution in [-0.4, -0.2) is 50.8 Å². The number of amides is 1. The minimum absolute atomic E-state index is 0.102. The molecule has 0 aromatic carbocycles. The molecule has 2 fully saturated rings. The topological polar surface area (TPSA) is 115 Å². The highest BCUT2D eigenvalue weighted by atomic mass is 16.4. The van der Waals surface area contributed by atoms with Gasteiger partial charge in [0.1, 0.15) is 11.5 Å². The number of likely N-dealkylation sites (tertiary alicyclic amines) is 1. The number of hydrogen-bond donors (Lipinski definition) is 3. The van der Waals surface area contributed by atoms with E-state index in [9.17, 15) is 29.7 Å². The Morgan fingerprint density at radius 3 is 1.90 bits per heavy atom. The van der Waals surface area contributed by atoms with Crippen LogP contribution in [0, 0.1) is 16.2 Å². The van der Waals surface area contributed by atoms with Crippen molar-refractivity contribution in [3.8, 4) is 0 Å². The molecule has 2 aliphatic rings. The van der Waals surface area contributed by atoms with Crippen molar-refractivity contribution in [3.63, 3.8) is 0 Å². The summed E-state index contributed by atoms with van der Waals surface area (Å²) >= 11 is 0. The molecule has 21 heavy (non-hydrogen) atoms. The zero-order valence-electron chi connectivity index (χ0n) is 12.4. The van der Waals surface area contributed by atoms with Gasteiger partial charge in [0.05, 0.1) is 0 Å². The molecule has 0 bridgehead atoms. The normalized spacial score (nSPS) is 31.0. The van der Waals surface area contributed by atoms with Gasteiger partial charge in [0.15, 0.2) is 0 Å². The standard InChI is InChI=1S/C14H21NO6/c1-12(2,3)14(10(18)19)6-13(4-5-13)7-15(11(20)21)8(14)9(16)17/h8H,4-7H2,1-3H3,(H,16,17)(H,18,19)(H,20,21)/t8-,14+/m1/s1. The number of piperidine rings is 1. The number of nitrogens with zero attached hydrogens (tertiary/aromatic N) is 1. The van der Waals surface area contributed by atoms with E-state index in [1.54, 1.807) is 20.8 Å². The van der Waals surface area contributed by atoms with Crippen LogP contribution in [0.25, 0.3) is 0 Å². The molecule has 1 spiro atoms. The summed E-state index contributed by atoms with van der Waals surface area (Å²) < 4.78 is 0. The molecule has 1 amide bonds. The molecule has 1 aliphatic heterocycles. The van der Waals surface area contributed by atoms with E-state index in [-0.39, 0.29) is 18.4 Å². The Morgan fingerprint density at radius 1 is 1.10 bits per heavy atom. The second kappa shape index (κ2) is 4.35. The Balaban J connectivity index is 2.64. The van der Waals surface area contributed by atoms with Crippen molar-refractivity contribution in [3.05, 3.63) is 0 Å². The quantitative estimate of drug-likeness (QED) is 0.715. The second-order valence-corrected chi connectivity index (χ2v) is 7.35. The van der Waals surface area contributed by atoms with Crippen LogP contribution in [0.5, 0.6) is 0 Å². The predicted molar refractivity (Wildman–Crippen MR) is 72.0 cm³/mol. The number of carbonyl (C=O) groups is 3. The van der Waals surface area contributed by atoms with Gasteiger partial charge in [-0.05, 0) is 30.1 Å². The fourth-order valence-corrected chi connectivity index (χ4v) is 3.69. The molecule has 0 aromatic heterocycles. The largest absolute Gasteiger partial charge is 0.481 e. The fraction of sp³-hybridized carbons (Fsp3) is 0.786. The molecule has 3 N–H and O–H groups in total. The molecular formula is C14H21NO6. The zero-order valence-corrected chi connectivity index (χ0v) is 12.4. The highest BCUT2D eigenvalue weighted by Crippen LogP contribution is 2.63. The van der Waals surface area contributed by atoms with E-state index >= 15 is 0 Å². The monoisotopic (exact) mass is 299 g/mol. The summed E-state index contributed by atoms with van der Waals surface area (Å²) in [5.41, 5.74) is -2.90. The van der Waals surface area contributed by atoms with Crippen molar-refractivity contribution in [2.75, 3.05) is 6.54 Å². The minimum atomic E-state index is -1.63. The molecule has 0 aromatic rings. The molecule has 0 radical (unpaired) electrons. The van der Waals surface area contributed by atoms with Crippen molar-refractivity contribution in [1.29, 1.82) is 0 Å². The maximum Gasteiger partial charge on any atom is 0.408 e. The van der Waals surface area contributed by atoms with E-state index < -0.39 is 34.9 Å². The van der Waals surface area contributed by atoms with Gasteiger partial charge in [0, 0.05) is 6.54 Å². The van der Waals surface area contributed by atoms with E-state index in [1.807, 2.05) is 0 Å². The molecule has 0 unspecified atom stereocenters. The summed E-state index contributed by atoms with van der Waals surface area (Å²) in [6, 6.07) is -1.57. The van der Waals surface area contributed by atoms with Crippen LogP contribution in [0.15, 0.2) is 0 Å². The first kappa shape index (κ1) is 15.6. The van der Waals surface area contributed by atoms with Gasteiger partial charge in [-0.15, -0.1) is 0 Å². The summed E-state index contributed by atoms with van der Waals surface area (Å²) in [5, 5.41) is 28.7. The van der Waals surface area contributed by atoms with Crippen molar-refractivity contribution < 1.29 is 29.7 Å². The first-order chi connectivity index (χ1) is 9.47. The van der Waals surface area contributed by atoms with Crippen molar-refractivity contribution in [2.24, 2.45) is 16.2 Å². The lowest BCUT2D eigenvalue weighted by atomic mass is 9.55. The van der Waals surface area contributed by atoms with Crippen LogP contribution in [0.1, 0.15) is 40.0 Å². The minimum Gasteiger partial charge on any atom is -0.481 e. The highest BCUT2D eigenvalue weighted by molar-refractivity contribution is 5.90. The summed E-state index contributed by atoms with van der Waals surface area (Å²) in [6.45, 7) is 5.10. The summed E-state index contributed by atoms with van der Waals surface area (Å²) in [4.78, 5) is 36.0. The van der Waals surface area contributed by atoms with Crippen LogP contribution in [0.3, 0.4) is 0 Å². The van der Waals surface area contributed by atoms with Crippen LogP contribution in [0.4, 0.5) is 4.79 Å². The summed E-state index contributed by atoms with van der Waals surface area (Å²) in [6.07, 6.45) is 0.324. The zero-order chi connectivity index (χ0) is 16.2. The molecule has 1 heterocycles. The lowest BCUT2D eigenvalue weighted by Crippen LogP contribution is -2.67. The first-order valence-corrected chi connectivity index (χ1v) is 6.93. The number of carboxylic acid groups (broad SMARTS) is 3. The van der Waals surface area contributed by atoms with Gasteiger partial charge in [-0.1, -0.05) is 20.8 Å². The Morgan fingerprint density at radius 2 is 1.62 bits per heavy atom. The number of rotatable bonds is 2. The maximum absolute atomic E-state index is 12.0. The van der Waals surface area contributed by atoms with E-state index in [0.29, 0.717) is 0 Å². The van der Waals surface area contributed by atoms with Crippen molar-refractivity contribution in [2.45, 2.75) is 46.1 Å². The highest BCUT2D eigenvalue weighted by Gasteiger charge is 2.68. The third-order valence-corrected chi connectivity index (χ3v) is 5.09. The molecule has 1 aliphatic carbocycles. The lowest BCUT2D eigenvalue weighted by molar-refractivity contribution is -0.183. The van der Waals surface area contributed by atoms with Crippen molar-refractivity contribution in [1.82, 2.24) is 4.90 Å². The molecule has 2 atom stereocenters. The maximum atomic E-state index is 12.0. The fourth-order valence-electron chi connectivity index (χ4n) is 3.69. The van der Waals surface area contributed by atoms with E-state index in [2.05, 4.69) is 0 Å². The first-order valence-electron chi connectivity index (χ1n) is 6.93. The van der Waals surface area contributed by atoms with Crippen molar-refractivity contribution >= 4 is 18.0 Å². The molecule has 1 saturated carbocycles. The smallest absolute Gasteiger partial charge is 0.408 e. The van der Waals surface area contributed by atoms with E-state index in [0.717, 1.165) is 17.7 Å². The number of hydrogen-bond acceptors (Lipinski definition) is 3. The lowest BCUT2D eigenvalue weighted by Gasteiger charge is -2.53. The number of aliphatic carboxylic acids is 2. The molecule has 7 nitrogen and oxygen atoms in total. The average molecular weight is 299 g/mol. The van der Waals surface area contributed by atoms with Gasteiger partial charge in [0.2, 0.25) is 0 Å². The Bertz CT molecular complexity index is 504. The average Bonchev–Trinajstić information content (AvgIpc) is 3.04. The van der Waals surface area contributed by atoms with Gasteiger partial charge in [-0.3, -0.25) is 9.69 Å². The third-order valence-electron chi connectivity index (χ3n) is 5.09. The van der Waals surface area contributed by atoms with Gasteiger partial charge in [-0.25, -0.2) is 9.59 Å². The molecule has 1 saturated heterocycles. The molecule has 2 rings (SSSR count). The van der Waals surface area contributed by atoms with Crippen LogP contribution >= 0.6 is 0 Å². The summed E-state index contributed by atoms with van der Waals surface area (Å²) in [5.74, 6) is -2.63. The number of carboxylic acids is 2. The Kier molecular flexibility index (Phi) is 3.23. The SMILES string of the molecule is CC(C)(C)[C@@]1(C(=O)O)CC2(CC2)CN(C(=O)O)[C@@H]1C(=O)O. The predicted octanol–water partition coefficient (Wildman–Crippen LogP) is 1.72. The van der Waals surface area contributed by atoms with Gasteiger partial charge >= 0.3 is 18.0 Å². The molecular weight excluding hydrogens is 278 g/mol. The summed E-state index contributed by atoms with van der Waals surface area (Å²) in [7, 11) is 0. The van der Waals surface area contributed by atoms with Crippen LogP contribution < -0.4 is 0 Å². The van der Waals surface area contributed by atoms with Gasteiger partial charge in [0.25, 0.3) is 0 Å². The Hall–Kier alpha value is -1.79. The third kappa shape index (κ3) is 2.15.